The molecule has 1 aliphatic rings. The minimum Gasteiger partial charge on any atom is -0.492 e. The number of nitrogens with zero attached hydrogens (tertiary/aromatic N) is 2. The molecule has 2 aromatic heterocycles. The van der Waals surface area contributed by atoms with Crippen LogP contribution in [0.15, 0.2) is 54.9 Å². The van der Waals surface area contributed by atoms with Gasteiger partial charge in [-0.2, -0.15) is 0 Å². The van der Waals surface area contributed by atoms with Crippen molar-refractivity contribution in [1.82, 2.24) is 9.30 Å². The number of fused-ring (bicyclic) bond motifs is 1. The monoisotopic (exact) mass is 363 g/mol. The van der Waals surface area contributed by atoms with Crippen LogP contribution in [0.1, 0.15) is 28.8 Å². The Kier molecular flexibility index (Phi) is 5.12. The number of hydrogen-bond donors (Lipinski definition) is 1. The van der Waals surface area contributed by atoms with Gasteiger partial charge in [-0.05, 0) is 68.8 Å². The highest BCUT2D eigenvalue weighted by Gasteiger charge is 2.11. The van der Waals surface area contributed by atoms with Gasteiger partial charge in [-0.1, -0.05) is 6.07 Å². The summed E-state index contributed by atoms with van der Waals surface area (Å²) in [4.78, 5) is 15.0. The summed E-state index contributed by atoms with van der Waals surface area (Å²) in [5.41, 5.74) is 3.62. The van der Waals surface area contributed by atoms with E-state index < -0.39 is 0 Å². The van der Waals surface area contributed by atoms with E-state index in [2.05, 4.69) is 16.3 Å². The van der Waals surface area contributed by atoms with E-state index in [1.54, 1.807) is 0 Å². The summed E-state index contributed by atoms with van der Waals surface area (Å²) in [7, 11) is 0. The summed E-state index contributed by atoms with van der Waals surface area (Å²) in [6, 6.07) is 13.5. The van der Waals surface area contributed by atoms with Gasteiger partial charge in [0.15, 0.2) is 0 Å². The van der Waals surface area contributed by atoms with Crippen LogP contribution < -0.4 is 10.1 Å². The Morgan fingerprint density at radius 1 is 1.11 bits per heavy atom. The number of hydrogen-bond acceptors (Lipinski definition) is 3. The van der Waals surface area contributed by atoms with Gasteiger partial charge in [0.05, 0.1) is 5.56 Å². The second-order valence-electron chi connectivity index (χ2n) is 7.15. The van der Waals surface area contributed by atoms with Crippen LogP contribution in [0.25, 0.3) is 5.52 Å². The molecule has 1 aliphatic heterocycles. The van der Waals surface area contributed by atoms with Crippen molar-refractivity contribution in [3.05, 3.63) is 66.0 Å². The van der Waals surface area contributed by atoms with Crippen LogP contribution in [0, 0.1) is 6.92 Å². The summed E-state index contributed by atoms with van der Waals surface area (Å²) in [6.45, 7) is 6.01. The number of aryl methyl sites for hydroxylation is 1. The third-order valence-electron chi connectivity index (χ3n) is 4.96. The molecule has 0 unspecified atom stereocenters. The molecule has 0 spiro atoms. The van der Waals surface area contributed by atoms with Gasteiger partial charge in [-0.25, -0.2) is 0 Å². The van der Waals surface area contributed by atoms with Gasteiger partial charge in [-0.15, -0.1) is 0 Å². The molecule has 27 heavy (non-hydrogen) atoms. The van der Waals surface area contributed by atoms with E-state index >= 15 is 0 Å². The SMILES string of the molecule is Cc1cc2ccc(C(=O)Nc3cccc(OCCN4CCCC4)c3)cn2c1. The molecular formula is C22H25N3O2. The Hall–Kier alpha value is -2.79. The summed E-state index contributed by atoms with van der Waals surface area (Å²) in [5, 5.41) is 2.96. The molecule has 1 aromatic carbocycles. The molecule has 140 valence electrons. The van der Waals surface area contributed by atoms with Crippen molar-refractivity contribution in [3.63, 3.8) is 0 Å². The maximum atomic E-state index is 12.6. The Bertz CT molecular complexity index is 942. The first-order valence-corrected chi connectivity index (χ1v) is 9.52. The van der Waals surface area contributed by atoms with E-state index in [0.717, 1.165) is 23.5 Å². The Labute approximate surface area is 159 Å². The molecule has 1 N–H and O–H groups in total. The fraction of sp³-hybridized carbons (Fsp3) is 0.318. The number of ether oxygens (including phenoxy) is 1. The molecule has 0 radical (unpaired) electrons. The van der Waals surface area contributed by atoms with E-state index in [9.17, 15) is 4.79 Å². The van der Waals surface area contributed by atoms with Crippen LogP contribution in [0.3, 0.4) is 0 Å². The maximum absolute atomic E-state index is 12.6. The molecule has 0 bridgehead atoms. The van der Waals surface area contributed by atoms with Gasteiger partial charge in [0, 0.05) is 36.2 Å². The molecule has 3 aromatic rings. The summed E-state index contributed by atoms with van der Waals surface area (Å²) >= 11 is 0. The normalized spacial score (nSPS) is 14.6. The number of benzene rings is 1. The van der Waals surface area contributed by atoms with Crippen LogP contribution >= 0.6 is 0 Å². The van der Waals surface area contributed by atoms with Gasteiger partial charge in [0.1, 0.15) is 12.4 Å². The lowest BCUT2D eigenvalue weighted by atomic mass is 10.2. The number of rotatable bonds is 6. The van der Waals surface area contributed by atoms with Crippen molar-refractivity contribution in [2.24, 2.45) is 0 Å². The molecule has 1 fully saturated rings. The molecule has 0 aliphatic carbocycles. The number of nitrogens with one attached hydrogen (secondary N) is 1. The fourth-order valence-electron chi connectivity index (χ4n) is 3.55. The van der Waals surface area contributed by atoms with Crippen LogP contribution in [0.5, 0.6) is 5.75 Å². The van der Waals surface area contributed by atoms with Crippen molar-refractivity contribution in [2.45, 2.75) is 19.8 Å². The number of likely N-dealkylation sites (tertiary alicyclic amines) is 1. The van der Waals surface area contributed by atoms with Crippen LogP contribution in [0.2, 0.25) is 0 Å². The highest BCUT2D eigenvalue weighted by molar-refractivity contribution is 6.04. The number of amides is 1. The molecule has 1 saturated heterocycles. The second-order valence-corrected chi connectivity index (χ2v) is 7.15. The first kappa shape index (κ1) is 17.6. The highest BCUT2D eigenvalue weighted by atomic mass is 16.5. The molecule has 5 heteroatoms. The van der Waals surface area contributed by atoms with Crippen molar-refractivity contribution >= 4 is 17.1 Å². The van der Waals surface area contributed by atoms with Crippen molar-refractivity contribution < 1.29 is 9.53 Å². The molecule has 3 heterocycles. The lowest BCUT2D eigenvalue weighted by Crippen LogP contribution is -2.25. The largest absolute Gasteiger partial charge is 0.492 e. The fourth-order valence-corrected chi connectivity index (χ4v) is 3.55. The Morgan fingerprint density at radius 3 is 2.81 bits per heavy atom. The minimum absolute atomic E-state index is 0.127. The first-order chi connectivity index (χ1) is 13.2. The predicted molar refractivity (Wildman–Crippen MR) is 108 cm³/mol. The predicted octanol–water partition coefficient (Wildman–Crippen LogP) is 3.97. The average molecular weight is 363 g/mol. The quantitative estimate of drug-likeness (QED) is 0.721. The molecule has 5 nitrogen and oxygen atoms in total. The molecule has 4 rings (SSSR count). The van der Waals surface area contributed by atoms with Crippen LogP contribution in [-0.4, -0.2) is 41.4 Å². The van der Waals surface area contributed by atoms with Crippen LogP contribution in [-0.2, 0) is 0 Å². The van der Waals surface area contributed by atoms with Gasteiger partial charge < -0.3 is 14.5 Å². The molecule has 0 atom stereocenters. The Balaban J connectivity index is 1.38. The minimum atomic E-state index is -0.127. The van der Waals surface area contributed by atoms with E-state index in [1.807, 2.05) is 60.1 Å². The summed E-state index contributed by atoms with van der Waals surface area (Å²) < 4.78 is 7.83. The number of carbonyl (C=O) groups excluding carboxylic acids is 1. The van der Waals surface area contributed by atoms with Gasteiger partial charge in [-0.3, -0.25) is 9.69 Å². The summed E-state index contributed by atoms with van der Waals surface area (Å²) in [5.74, 6) is 0.654. The zero-order valence-corrected chi connectivity index (χ0v) is 15.6. The number of anilines is 1. The number of carbonyl (C=O) groups is 1. The lowest BCUT2D eigenvalue weighted by Gasteiger charge is -2.15. The number of pyridine rings is 1. The van der Waals surface area contributed by atoms with E-state index in [0.29, 0.717) is 12.2 Å². The van der Waals surface area contributed by atoms with E-state index in [1.165, 1.54) is 31.5 Å². The second kappa shape index (κ2) is 7.84. The molecular weight excluding hydrogens is 338 g/mol. The van der Waals surface area contributed by atoms with E-state index in [4.69, 9.17) is 4.74 Å². The zero-order valence-electron chi connectivity index (χ0n) is 15.6. The standard InChI is InChI=1S/C22H25N3O2/c1-17-13-20-8-7-18(16-25(20)15-17)22(26)23-19-5-4-6-21(14-19)27-12-11-24-9-2-3-10-24/h4-8,13-16H,2-3,9-12H2,1H3,(H,23,26). The van der Waals surface area contributed by atoms with Gasteiger partial charge >= 0.3 is 0 Å². The maximum Gasteiger partial charge on any atom is 0.257 e. The van der Waals surface area contributed by atoms with E-state index in [-0.39, 0.29) is 5.91 Å². The van der Waals surface area contributed by atoms with Crippen LogP contribution in [0.4, 0.5) is 5.69 Å². The summed E-state index contributed by atoms with van der Waals surface area (Å²) in [6.07, 6.45) is 6.45. The van der Waals surface area contributed by atoms with Crippen molar-refractivity contribution in [3.8, 4) is 5.75 Å². The Morgan fingerprint density at radius 2 is 1.96 bits per heavy atom. The highest BCUT2D eigenvalue weighted by Crippen LogP contribution is 2.19. The molecule has 1 amide bonds. The number of aromatic nitrogens is 1. The van der Waals surface area contributed by atoms with Crippen molar-refractivity contribution in [2.75, 3.05) is 31.6 Å². The zero-order chi connectivity index (χ0) is 18.6. The molecule has 0 saturated carbocycles. The van der Waals surface area contributed by atoms with Crippen molar-refractivity contribution in [1.29, 1.82) is 0 Å². The average Bonchev–Trinajstić information content (AvgIpc) is 3.29. The third-order valence-corrected chi connectivity index (χ3v) is 4.96. The van der Waals surface area contributed by atoms with Gasteiger partial charge in [0.25, 0.3) is 5.91 Å². The third kappa shape index (κ3) is 4.31. The smallest absolute Gasteiger partial charge is 0.257 e. The first-order valence-electron chi connectivity index (χ1n) is 9.52. The van der Waals surface area contributed by atoms with Gasteiger partial charge in [0.2, 0.25) is 0 Å². The topological polar surface area (TPSA) is 46.0 Å². The lowest BCUT2D eigenvalue weighted by molar-refractivity contribution is 0.102.